The molecule has 8 nitrogen and oxygen atoms in total. The summed E-state index contributed by atoms with van der Waals surface area (Å²) in [4.78, 5) is 24.0. The SMILES string of the molecule is CCC(C(=O)O)N(C)C(=O)CCS(=O)(=O)N1CCOCC1. The molecule has 21 heavy (non-hydrogen) atoms. The summed E-state index contributed by atoms with van der Waals surface area (Å²) in [6, 6.07) is -0.927. The number of hydrogen-bond acceptors (Lipinski definition) is 5. The van der Waals surface area contributed by atoms with Gasteiger partial charge in [0.2, 0.25) is 15.9 Å². The number of rotatable bonds is 7. The zero-order chi connectivity index (χ0) is 16.0. The highest BCUT2D eigenvalue weighted by Gasteiger charge is 2.28. The molecule has 0 spiro atoms. The van der Waals surface area contributed by atoms with Gasteiger partial charge in [0.1, 0.15) is 6.04 Å². The van der Waals surface area contributed by atoms with Crippen LogP contribution < -0.4 is 0 Å². The van der Waals surface area contributed by atoms with Crippen molar-refractivity contribution >= 4 is 21.9 Å². The number of carboxylic acid groups (broad SMARTS) is 1. The summed E-state index contributed by atoms with van der Waals surface area (Å²) in [6.07, 6.45) is 0.0494. The Morgan fingerprint density at radius 3 is 2.38 bits per heavy atom. The summed E-state index contributed by atoms with van der Waals surface area (Å²) in [6.45, 7) is 2.94. The molecule has 1 rings (SSSR count). The van der Waals surface area contributed by atoms with Crippen LogP contribution in [0.1, 0.15) is 19.8 Å². The Labute approximate surface area is 124 Å². The van der Waals surface area contributed by atoms with Crippen LogP contribution in [0, 0.1) is 0 Å². The summed E-state index contributed by atoms with van der Waals surface area (Å²) in [5.41, 5.74) is 0. The summed E-state index contributed by atoms with van der Waals surface area (Å²) in [7, 11) is -2.13. The lowest BCUT2D eigenvalue weighted by atomic mass is 10.2. The minimum Gasteiger partial charge on any atom is -0.480 e. The van der Waals surface area contributed by atoms with Gasteiger partial charge in [0.15, 0.2) is 0 Å². The first kappa shape index (κ1) is 17.9. The molecule has 122 valence electrons. The number of carbonyl (C=O) groups excluding carboxylic acids is 1. The van der Waals surface area contributed by atoms with Gasteiger partial charge in [-0.3, -0.25) is 4.79 Å². The van der Waals surface area contributed by atoms with Crippen molar-refractivity contribution in [2.24, 2.45) is 0 Å². The highest BCUT2D eigenvalue weighted by Crippen LogP contribution is 2.09. The van der Waals surface area contributed by atoms with E-state index in [9.17, 15) is 18.0 Å². The smallest absolute Gasteiger partial charge is 0.326 e. The largest absolute Gasteiger partial charge is 0.480 e. The van der Waals surface area contributed by atoms with Crippen molar-refractivity contribution in [1.82, 2.24) is 9.21 Å². The summed E-state index contributed by atoms with van der Waals surface area (Å²) >= 11 is 0. The first-order valence-electron chi connectivity index (χ1n) is 6.83. The Hall–Kier alpha value is -1.19. The fraction of sp³-hybridized carbons (Fsp3) is 0.833. The van der Waals surface area contributed by atoms with Crippen molar-refractivity contribution in [2.45, 2.75) is 25.8 Å². The second-order valence-corrected chi connectivity index (χ2v) is 6.93. The van der Waals surface area contributed by atoms with E-state index < -0.39 is 27.9 Å². The average molecular weight is 322 g/mol. The molecule has 0 bridgehead atoms. The number of nitrogens with zero attached hydrogens (tertiary/aromatic N) is 2. The first-order valence-corrected chi connectivity index (χ1v) is 8.44. The molecule has 0 saturated carbocycles. The van der Waals surface area contributed by atoms with E-state index >= 15 is 0 Å². The van der Waals surface area contributed by atoms with Crippen LogP contribution in [0.15, 0.2) is 0 Å². The Kier molecular flexibility index (Phi) is 6.56. The molecule has 1 aliphatic heterocycles. The van der Waals surface area contributed by atoms with Crippen LogP contribution in [0.4, 0.5) is 0 Å². The van der Waals surface area contributed by atoms with Crippen LogP contribution in [0.3, 0.4) is 0 Å². The highest BCUT2D eigenvalue weighted by atomic mass is 32.2. The normalized spacial score (nSPS) is 18.2. The monoisotopic (exact) mass is 322 g/mol. The predicted molar refractivity (Wildman–Crippen MR) is 75.3 cm³/mol. The molecule has 1 fully saturated rings. The zero-order valence-electron chi connectivity index (χ0n) is 12.3. The molecule has 1 saturated heterocycles. The van der Waals surface area contributed by atoms with E-state index in [1.807, 2.05) is 0 Å². The Balaban J connectivity index is 2.56. The number of hydrogen-bond donors (Lipinski definition) is 1. The second-order valence-electron chi connectivity index (χ2n) is 4.84. The zero-order valence-corrected chi connectivity index (χ0v) is 13.1. The van der Waals surface area contributed by atoms with Crippen molar-refractivity contribution < 1.29 is 27.9 Å². The second kappa shape index (κ2) is 7.71. The van der Waals surface area contributed by atoms with Gasteiger partial charge in [-0.2, -0.15) is 4.31 Å². The van der Waals surface area contributed by atoms with Crippen LogP contribution in [-0.2, 0) is 24.3 Å². The van der Waals surface area contributed by atoms with Gasteiger partial charge < -0.3 is 14.7 Å². The van der Waals surface area contributed by atoms with Crippen LogP contribution in [0.25, 0.3) is 0 Å². The van der Waals surface area contributed by atoms with Crippen LogP contribution in [0.5, 0.6) is 0 Å². The number of carboxylic acids is 1. The van der Waals surface area contributed by atoms with Crippen molar-refractivity contribution in [3.63, 3.8) is 0 Å². The molecule has 1 unspecified atom stereocenters. The van der Waals surface area contributed by atoms with Gasteiger partial charge in [-0.05, 0) is 6.42 Å². The molecular formula is C12H22N2O6S. The van der Waals surface area contributed by atoms with Crippen molar-refractivity contribution in [3.8, 4) is 0 Å². The van der Waals surface area contributed by atoms with Gasteiger partial charge in [0, 0.05) is 26.6 Å². The van der Waals surface area contributed by atoms with Crippen molar-refractivity contribution in [1.29, 1.82) is 0 Å². The topological polar surface area (TPSA) is 104 Å². The molecule has 0 aliphatic carbocycles. The molecule has 0 aromatic rings. The Morgan fingerprint density at radius 2 is 1.90 bits per heavy atom. The van der Waals surface area contributed by atoms with Crippen LogP contribution >= 0.6 is 0 Å². The highest BCUT2D eigenvalue weighted by molar-refractivity contribution is 7.89. The molecule has 1 atom stereocenters. The third-order valence-electron chi connectivity index (χ3n) is 3.47. The summed E-state index contributed by atoms with van der Waals surface area (Å²) in [5.74, 6) is -1.89. The van der Waals surface area contributed by atoms with Gasteiger partial charge in [0.05, 0.1) is 19.0 Å². The minimum atomic E-state index is -3.51. The molecule has 1 amide bonds. The lowest BCUT2D eigenvalue weighted by Crippen LogP contribution is -2.44. The third kappa shape index (κ3) is 4.94. The molecule has 0 radical (unpaired) electrons. The van der Waals surface area contributed by atoms with E-state index in [0.717, 1.165) is 4.90 Å². The number of ether oxygens (including phenoxy) is 1. The molecule has 9 heteroatoms. The fourth-order valence-corrected chi connectivity index (χ4v) is 3.53. The molecule has 1 N–H and O–H groups in total. The van der Waals surface area contributed by atoms with Crippen molar-refractivity contribution in [2.75, 3.05) is 39.1 Å². The van der Waals surface area contributed by atoms with Crippen LogP contribution in [-0.4, -0.2) is 79.8 Å². The number of morpholine rings is 1. The Bertz CT molecular complexity index is 472. The number of aliphatic carboxylic acids is 1. The van der Waals surface area contributed by atoms with E-state index in [-0.39, 0.29) is 18.6 Å². The molecular weight excluding hydrogens is 300 g/mol. The van der Waals surface area contributed by atoms with Gasteiger partial charge in [-0.25, -0.2) is 13.2 Å². The maximum absolute atomic E-state index is 12.1. The fourth-order valence-electron chi connectivity index (χ4n) is 2.13. The Morgan fingerprint density at radius 1 is 1.33 bits per heavy atom. The lowest BCUT2D eigenvalue weighted by molar-refractivity contribution is -0.149. The van der Waals surface area contributed by atoms with E-state index in [4.69, 9.17) is 9.84 Å². The van der Waals surface area contributed by atoms with E-state index in [0.29, 0.717) is 26.3 Å². The number of sulfonamides is 1. The summed E-state index contributed by atoms with van der Waals surface area (Å²) in [5, 5.41) is 8.99. The number of amides is 1. The number of likely N-dealkylation sites (N-methyl/N-ethyl adjacent to an activating group) is 1. The van der Waals surface area contributed by atoms with E-state index in [2.05, 4.69) is 0 Å². The van der Waals surface area contributed by atoms with Gasteiger partial charge in [0.25, 0.3) is 0 Å². The van der Waals surface area contributed by atoms with E-state index in [1.54, 1.807) is 6.92 Å². The third-order valence-corrected chi connectivity index (χ3v) is 5.34. The molecule has 1 heterocycles. The molecule has 0 aromatic carbocycles. The minimum absolute atomic E-state index is 0.222. The van der Waals surface area contributed by atoms with Gasteiger partial charge in [-0.1, -0.05) is 6.92 Å². The van der Waals surface area contributed by atoms with Crippen molar-refractivity contribution in [3.05, 3.63) is 0 Å². The predicted octanol–water partition coefficient (Wildman–Crippen LogP) is -0.640. The van der Waals surface area contributed by atoms with Crippen LogP contribution in [0.2, 0.25) is 0 Å². The van der Waals surface area contributed by atoms with Gasteiger partial charge >= 0.3 is 5.97 Å². The maximum atomic E-state index is 12.1. The quantitative estimate of drug-likeness (QED) is 0.668. The maximum Gasteiger partial charge on any atom is 0.326 e. The summed E-state index contributed by atoms with van der Waals surface area (Å²) < 4.78 is 30.5. The number of carbonyl (C=O) groups is 2. The van der Waals surface area contributed by atoms with Gasteiger partial charge in [-0.15, -0.1) is 0 Å². The van der Waals surface area contributed by atoms with E-state index in [1.165, 1.54) is 11.4 Å². The molecule has 1 aliphatic rings. The molecule has 0 aromatic heterocycles. The standard InChI is InChI=1S/C12H22N2O6S/c1-3-10(12(16)17)13(2)11(15)4-9-21(18,19)14-5-7-20-8-6-14/h10H,3-9H2,1-2H3,(H,16,17). The average Bonchev–Trinajstić information content (AvgIpc) is 2.46. The first-order chi connectivity index (χ1) is 9.79. The lowest BCUT2D eigenvalue weighted by Gasteiger charge is -2.27.